The molecule has 0 N–H and O–H groups in total. The summed E-state index contributed by atoms with van der Waals surface area (Å²) in [6, 6.07) is 43.0. The van der Waals surface area contributed by atoms with Crippen LogP contribution in [0, 0.1) is 18.8 Å². The minimum atomic E-state index is -0.158. The Kier molecular flexibility index (Phi) is 12.4. The van der Waals surface area contributed by atoms with Gasteiger partial charge >= 0.3 is 0 Å². The van der Waals surface area contributed by atoms with E-state index in [1.807, 2.05) is 6.20 Å². The van der Waals surface area contributed by atoms with Crippen molar-refractivity contribution >= 4 is 44.6 Å². The Bertz CT molecular complexity index is 2800. The molecule has 2 aromatic heterocycles. The van der Waals surface area contributed by atoms with Crippen molar-refractivity contribution in [2.75, 3.05) is 9.80 Å². The smallest absolute Gasteiger partial charge is 0.135 e. The van der Waals surface area contributed by atoms with Gasteiger partial charge < -0.3 is 19.1 Å². The quantitative estimate of drug-likeness (QED) is 0.142. The van der Waals surface area contributed by atoms with Crippen LogP contribution in [0.1, 0.15) is 145 Å². The molecular weight excluding hydrogens is 964 g/mol. The second kappa shape index (κ2) is 16.8. The molecule has 6 heteroatoms. The molecule has 3 heterocycles. The molecule has 1 aliphatic rings. The van der Waals surface area contributed by atoms with E-state index in [4.69, 9.17) is 9.72 Å². The molecule has 0 saturated heterocycles. The summed E-state index contributed by atoms with van der Waals surface area (Å²) in [6.07, 6.45) is 4.06. The van der Waals surface area contributed by atoms with Gasteiger partial charge in [-0.15, -0.1) is 53.6 Å². The summed E-state index contributed by atoms with van der Waals surface area (Å²) >= 11 is 0. The third kappa shape index (κ3) is 8.79. The number of ether oxygens (including phenoxy) is 1. The van der Waals surface area contributed by atoms with Crippen molar-refractivity contribution in [2.24, 2.45) is 0 Å². The number of pyridine rings is 1. The van der Waals surface area contributed by atoms with Crippen LogP contribution in [0.25, 0.3) is 27.6 Å². The third-order valence-corrected chi connectivity index (χ3v) is 13.4. The molecule has 0 fully saturated rings. The number of para-hydroxylation sites is 2. The zero-order valence-electron chi connectivity index (χ0n) is 40.8. The summed E-state index contributed by atoms with van der Waals surface area (Å²) in [4.78, 5) is 9.62. The summed E-state index contributed by atoms with van der Waals surface area (Å²) in [5.41, 5.74) is 12.5. The van der Waals surface area contributed by atoms with E-state index >= 15 is 0 Å². The van der Waals surface area contributed by atoms with Gasteiger partial charge in [-0.1, -0.05) is 140 Å². The van der Waals surface area contributed by atoms with Crippen LogP contribution in [0.15, 0.2) is 103 Å². The van der Waals surface area contributed by atoms with Gasteiger partial charge in [-0.25, -0.2) is 4.98 Å². The molecule has 0 saturated carbocycles. The summed E-state index contributed by atoms with van der Waals surface area (Å²) in [5.74, 6) is 2.16. The average molecular weight is 1030 g/mol. The summed E-state index contributed by atoms with van der Waals surface area (Å²) in [7, 11) is 0. The first-order valence-electron chi connectivity index (χ1n) is 22.9. The van der Waals surface area contributed by atoms with Crippen LogP contribution >= 0.6 is 0 Å². The van der Waals surface area contributed by atoms with Crippen molar-refractivity contribution < 1.29 is 25.8 Å². The van der Waals surface area contributed by atoms with Gasteiger partial charge in [-0.05, 0) is 110 Å². The van der Waals surface area contributed by atoms with E-state index in [0.717, 1.165) is 63.4 Å². The Morgan fingerprint density at radius 3 is 1.78 bits per heavy atom. The zero-order valence-corrected chi connectivity index (χ0v) is 43.1. The maximum Gasteiger partial charge on any atom is 0.135 e. The van der Waals surface area contributed by atoms with E-state index in [1.54, 1.807) is 0 Å². The fourth-order valence-electron chi connectivity index (χ4n) is 8.86. The van der Waals surface area contributed by atoms with Crippen molar-refractivity contribution in [1.82, 2.24) is 9.55 Å². The van der Waals surface area contributed by atoms with Gasteiger partial charge in [0.1, 0.15) is 5.82 Å². The first kappa shape index (κ1) is 47.1. The van der Waals surface area contributed by atoms with Gasteiger partial charge in [0.15, 0.2) is 0 Å². The predicted octanol–water partition coefficient (Wildman–Crippen LogP) is 16.2. The van der Waals surface area contributed by atoms with Crippen molar-refractivity contribution in [3.05, 3.63) is 150 Å². The number of anilines is 4. The van der Waals surface area contributed by atoms with Crippen LogP contribution in [0.3, 0.4) is 0 Å². The minimum Gasteiger partial charge on any atom is -0.509 e. The van der Waals surface area contributed by atoms with Crippen molar-refractivity contribution in [1.29, 1.82) is 0 Å². The number of nitrogens with zero attached hydrogens (tertiary/aromatic N) is 4. The molecule has 5 nitrogen and oxygen atoms in total. The molecule has 0 radical (unpaired) electrons. The van der Waals surface area contributed by atoms with Gasteiger partial charge in [-0.3, -0.25) is 0 Å². The SMILES string of the molecule is CCC(C)(CC)c1ccnc(-n2c3[c-]c(Oc4[c-]c(N5[CH-]N(c6cc(C(C)(C)C)cc(C(C)(C)C)c6)c6ccccc65)cc(C(C)(C)C)c4)ccc3c3c(C(C)(C)C)cccc32)c1.[Pt]. The van der Waals surface area contributed by atoms with Crippen LogP contribution in [0.2, 0.25) is 0 Å². The Hall–Kier alpha value is -4.86. The monoisotopic (exact) mass is 1030 g/mol. The maximum atomic E-state index is 6.93. The molecule has 1 aliphatic heterocycles. The third-order valence-electron chi connectivity index (χ3n) is 13.4. The van der Waals surface area contributed by atoms with Gasteiger partial charge in [0.2, 0.25) is 0 Å². The first-order chi connectivity index (χ1) is 29.5. The number of hydrogen-bond acceptors (Lipinski definition) is 4. The summed E-state index contributed by atoms with van der Waals surface area (Å²) in [6.45, 7) is 36.5. The second-order valence-corrected chi connectivity index (χ2v) is 22.1. The van der Waals surface area contributed by atoms with E-state index in [0.29, 0.717) is 11.5 Å². The van der Waals surface area contributed by atoms with Crippen molar-refractivity contribution in [3.63, 3.8) is 0 Å². The molecule has 0 unspecified atom stereocenters. The van der Waals surface area contributed by atoms with Gasteiger partial charge in [0.25, 0.3) is 0 Å². The van der Waals surface area contributed by atoms with E-state index in [2.05, 4.69) is 234 Å². The summed E-state index contributed by atoms with van der Waals surface area (Å²) in [5, 5.41) is 2.35. The topological polar surface area (TPSA) is 33.5 Å². The largest absolute Gasteiger partial charge is 0.509 e. The molecular formula is C58H67N4OPt-3. The van der Waals surface area contributed by atoms with Crippen LogP contribution in [0.5, 0.6) is 11.5 Å². The van der Waals surface area contributed by atoms with Gasteiger partial charge in [0, 0.05) is 61.3 Å². The van der Waals surface area contributed by atoms with E-state index < -0.39 is 0 Å². The van der Waals surface area contributed by atoms with Crippen molar-refractivity contribution in [2.45, 2.75) is 144 Å². The average Bonchev–Trinajstić information content (AvgIpc) is 3.78. The zero-order chi connectivity index (χ0) is 45.4. The number of fused-ring (bicyclic) bond motifs is 4. The molecule has 8 rings (SSSR count). The number of aromatic nitrogens is 2. The minimum absolute atomic E-state index is 0. The fourth-order valence-corrected chi connectivity index (χ4v) is 8.86. The van der Waals surface area contributed by atoms with E-state index in [-0.39, 0.29) is 48.1 Å². The molecule has 0 amide bonds. The Morgan fingerprint density at radius 1 is 0.578 bits per heavy atom. The van der Waals surface area contributed by atoms with Crippen LogP contribution < -0.4 is 14.5 Å². The second-order valence-electron chi connectivity index (χ2n) is 22.1. The molecule has 5 aromatic carbocycles. The predicted molar refractivity (Wildman–Crippen MR) is 267 cm³/mol. The Labute approximate surface area is 398 Å². The fraction of sp³-hybridized carbons (Fsp3) is 0.379. The Morgan fingerprint density at radius 2 is 1.19 bits per heavy atom. The number of benzene rings is 5. The molecule has 64 heavy (non-hydrogen) atoms. The molecule has 338 valence electrons. The van der Waals surface area contributed by atoms with Gasteiger partial charge in [-0.2, -0.15) is 6.07 Å². The number of hydrogen-bond donors (Lipinski definition) is 0. The normalized spacial score (nSPS) is 13.7. The molecule has 0 atom stereocenters. The summed E-state index contributed by atoms with van der Waals surface area (Å²) < 4.78 is 9.21. The van der Waals surface area contributed by atoms with Crippen LogP contribution in [0.4, 0.5) is 22.7 Å². The molecule has 0 bridgehead atoms. The standard InChI is InChI=1S/C58H67N4O.Pt/c1-16-58(15,17-2)38-27-28-59-52(34-38)62-50-24-20-21-47(57(12,13)14)53(50)46-26-25-44(36-51(46)62)63-45-33-41(56(9,10)11)32-43(35-45)61-37-60(48-22-18-19-23-49(48)61)42-30-39(54(3,4)5)29-40(31-42)55(6,7)8;/h18-34,37H,16-17H2,1-15H3;/q-3;. The maximum absolute atomic E-state index is 6.93. The first-order valence-corrected chi connectivity index (χ1v) is 22.9. The van der Waals surface area contributed by atoms with E-state index in [9.17, 15) is 0 Å². The van der Waals surface area contributed by atoms with Crippen molar-refractivity contribution in [3.8, 4) is 17.3 Å². The Balaban J connectivity index is 0.00000612. The van der Waals surface area contributed by atoms with Gasteiger partial charge in [0.05, 0.1) is 0 Å². The molecule has 0 spiro atoms. The number of rotatable bonds is 8. The molecule has 7 aromatic rings. The molecule has 0 aliphatic carbocycles. The van der Waals surface area contributed by atoms with E-state index in [1.165, 1.54) is 27.6 Å². The van der Waals surface area contributed by atoms with Crippen LogP contribution in [-0.2, 0) is 48.1 Å². The van der Waals surface area contributed by atoms with Crippen LogP contribution in [-0.4, -0.2) is 9.55 Å².